The molecule has 27 heavy (non-hydrogen) atoms. The van der Waals surface area contributed by atoms with Crippen LogP contribution in [0.2, 0.25) is 0 Å². The largest absolute Gasteiger partial charge is 0.284 e. The smallest absolute Gasteiger partial charge is 0.267 e. The molecular formula is C24H25N3+2. The van der Waals surface area contributed by atoms with Crippen LogP contribution in [0.25, 0.3) is 0 Å². The summed E-state index contributed by atoms with van der Waals surface area (Å²) in [5.74, 6) is 2.09. The van der Waals surface area contributed by atoms with E-state index in [1.807, 2.05) is 12.1 Å². The maximum absolute atomic E-state index is 3.64. The predicted molar refractivity (Wildman–Crippen MR) is 109 cm³/mol. The molecule has 1 aliphatic rings. The lowest BCUT2D eigenvalue weighted by Gasteiger charge is -2.06. The van der Waals surface area contributed by atoms with Gasteiger partial charge in [0.25, 0.3) is 11.7 Å². The molecule has 0 aliphatic carbocycles. The second-order valence-corrected chi connectivity index (χ2v) is 6.97. The summed E-state index contributed by atoms with van der Waals surface area (Å²) >= 11 is 0. The van der Waals surface area contributed by atoms with Crippen LogP contribution >= 0.6 is 0 Å². The van der Waals surface area contributed by atoms with E-state index >= 15 is 0 Å². The molecule has 0 amide bonds. The van der Waals surface area contributed by atoms with Gasteiger partial charge in [-0.1, -0.05) is 72.8 Å². The number of nitrogens with one attached hydrogen (secondary N) is 3. The number of amidine groups is 2. The van der Waals surface area contributed by atoms with Gasteiger partial charge < -0.3 is 0 Å². The highest BCUT2D eigenvalue weighted by Gasteiger charge is 2.32. The lowest BCUT2D eigenvalue weighted by Crippen LogP contribution is -2.80. The Labute approximate surface area is 160 Å². The molecule has 3 aromatic rings. The molecule has 134 valence electrons. The zero-order valence-electron chi connectivity index (χ0n) is 15.7. The van der Waals surface area contributed by atoms with E-state index in [1.165, 1.54) is 22.3 Å². The summed E-state index contributed by atoms with van der Waals surface area (Å²) < 4.78 is 0. The fourth-order valence-electron chi connectivity index (χ4n) is 3.49. The van der Waals surface area contributed by atoms with E-state index in [0.29, 0.717) is 0 Å². The fraction of sp³-hybridized carbons (Fsp3) is 0.167. The van der Waals surface area contributed by atoms with E-state index in [0.717, 1.165) is 11.7 Å². The topological polar surface area (TPSA) is 40.0 Å². The van der Waals surface area contributed by atoms with Gasteiger partial charge in [0.1, 0.15) is 12.1 Å². The molecule has 1 aliphatic heterocycles. The Balaban J connectivity index is 1.67. The highest BCUT2D eigenvalue weighted by molar-refractivity contribution is 6.21. The highest BCUT2D eigenvalue weighted by Crippen LogP contribution is 2.13. The lowest BCUT2D eigenvalue weighted by atomic mass is 10.1. The van der Waals surface area contributed by atoms with Gasteiger partial charge in [-0.3, -0.25) is 9.98 Å². The highest BCUT2D eigenvalue weighted by atomic mass is 15.1. The number of hydrogen-bond acceptors (Lipinski definition) is 0. The Morgan fingerprint density at radius 2 is 0.926 bits per heavy atom. The minimum Gasteiger partial charge on any atom is -0.267 e. The maximum Gasteiger partial charge on any atom is 0.284 e. The van der Waals surface area contributed by atoms with Crippen molar-refractivity contribution in [2.45, 2.75) is 25.9 Å². The van der Waals surface area contributed by atoms with Crippen LogP contribution in [0.4, 0.5) is 0 Å². The molecule has 0 radical (unpaired) electrons. The minimum absolute atomic E-state index is 0.215. The van der Waals surface area contributed by atoms with Gasteiger partial charge in [-0.15, -0.1) is 0 Å². The molecule has 3 heteroatoms. The van der Waals surface area contributed by atoms with Crippen molar-refractivity contribution in [3.05, 3.63) is 107 Å². The van der Waals surface area contributed by atoms with Gasteiger partial charge in [0.15, 0.2) is 0 Å². The SMILES string of the molecule is C[C@@H]([NH+]=C1NC(=[NH+][C@H](C)c2ccccc2)c2ccccc21)c1ccccc1. The molecule has 0 bridgehead atoms. The summed E-state index contributed by atoms with van der Waals surface area (Å²) in [7, 11) is 0. The van der Waals surface area contributed by atoms with Crippen molar-refractivity contribution in [2.75, 3.05) is 0 Å². The molecule has 0 saturated carbocycles. The fourth-order valence-corrected chi connectivity index (χ4v) is 3.49. The molecule has 4 rings (SSSR count). The zero-order chi connectivity index (χ0) is 18.6. The molecule has 3 nitrogen and oxygen atoms in total. The zero-order valence-corrected chi connectivity index (χ0v) is 15.7. The van der Waals surface area contributed by atoms with Crippen molar-refractivity contribution >= 4 is 11.7 Å². The van der Waals surface area contributed by atoms with E-state index in [9.17, 15) is 0 Å². The molecular weight excluding hydrogens is 330 g/mol. The van der Waals surface area contributed by atoms with Gasteiger partial charge in [0, 0.05) is 0 Å². The second kappa shape index (κ2) is 7.58. The Hall–Kier alpha value is -3.20. The standard InChI is InChI=1S/C24H23N3/c1-17(19-11-5-3-6-12-19)25-23-21-15-9-10-16-22(21)24(27-23)26-18(2)20-13-7-4-8-14-20/h3-18H,1-2H3,(H,25,26,27)/p+2/t17-,18-/m1/s1. The second-order valence-electron chi connectivity index (χ2n) is 6.97. The molecule has 0 unspecified atom stereocenters. The first-order valence-electron chi connectivity index (χ1n) is 9.46. The maximum atomic E-state index is 3.64. The van der Waals surface area contributed by atoms with E-state index < -0.39 is 0 Å². The minimum atomic E-state index is 0.215. The average Bonchev–Trinajstić information content (AvgIpc) is 3.06. The van der Waals surface area contributed by atoms with Crippen molar-refractivity contribution in [3.8, 4) is 0 Å². The van der Waals surface area contributed by atoms with Gasteiger partial charge in [-0.25, -0.2) is 5.32 Å². The third-order valence-corrected chi connectivity index (χ3v) is 5.04. The van der Waals surface area contributed by atoms with Crippen LogP contribution in [0.5, 0.6) is 0 Å². The predicted octanol–water partition coefficient (Wildman–Crippen LogP) is 1.47. The van der Waals surface area contributed by atoms with Crippen LogP contribution in [0, 0.1) is 0 Å². The van der Waals surface area contributed by atoms with E-state index in [2.05, 4.69) is 102 Å². The van der Waals surface area contributed by atoms with Gasteiger partial charge in [0.05, 0.1) is 11.1 Å². The summed E-state index contributed by atoms with van der Waals surface area (Å²) in [6.07, 6.45) is 0. The Kier molecular flexibility index (Phi) is 4.84. The summed E-state index contributed by atoms with van der Waals surface area (Å²) in [5.41, 5.74) is 4.93. The number of rotatable bonds is 4. The first-order chi connectivity index (χ1) is 13.2. The Morgan fingerprint density at radius 3 is 1.33 bits per heavy atom. The van der Waals surface area contributed by atoms with Crippen LogP contribution in [0.15, 0.2) is 84.9 Å². The molecule has 0 fully saturated rings. The van der Waals surface area contributed by atoms with Crippen molar-refractivity contribution in [1.29, 1.82) is 0 Å². The molecule has 0 spiro atoms. The quantitative estimate of drug-likeness (QED) is 0.652. The van der Waals surface area contributed by atoms with Crippen molar-refractivity contribution < 1.29 is 9.98 Å². The van der Waals surface area contributed by atoms with Crippen molar-refractivity contribution in [2.24, 2.45) is 0 Å². The van der Waals surface area contributed by atoms with E-state index in [1.54, 1.807) is 0 Å². The molecule has 3 N–H and O–H groups in total. The summed E-state index contributed by atoms with van der Waals surface area (Å²) in [6.45, 7) is 4.37. The molecule has 0 saturated heterocycles. The third-order valence-electron chi connectivity index (χ3n) is 5.04. The van der Waals surface area contributed by atoms with Crippen LogP contribution < -0.4 is 15.3 Å². The van der Waals surface area contributed by atoms with Gasteiger partial charge >= 0.3 is 0 Å². The molecule has 1 heterocycles. The Morgan fingerprint density at radius 1 is 0.556 bits per heavy atom. The van der Waals surface area contributed by atoms with Gasteiger partial charge in [0.2, 0.25) is 0 Å². The summed E-state index contributed by atoms with van der Waals surface area (Å²) in [6, 6.07) is 29.9. The number of hydrogen-bond donors (Lipinski definition) is 3. The van der Waals surface area contributed by atoms with E-state index in [-0.39, 0.29) is 12.1 Å². The first-order valence-corrected chi connectivity index (χ1v) is 9.46. The van der Waals surface area contributed by atoms with Crippen LogP contribution in [-0.4, -0.2) is 11.7 Å². The first kappa shape index (κ1) is 17.2. The Bertz CT molecular complexity index is 894. The van der Waals surface area contributed by atoms with E-state index in [4.69, 9.17) is 0 Å². The lowest BCUT2D eigenvalue weighted by molar-refractivity contribution is -0.511. The molecule has 2 atom stereocenters. The van der Waals surface area contributed by atoms with Gasteiger partial charge in [-0.2, -0.15) is 0 Å². The number of benzene rings is 3. The number of fused-ring (bicyclic) bond motifs is 1. The average molecular weight is 355 g/mol. The normalized spacial score (nSPS) is 18.1. The van der Waals surface area contributed by atoms with Crippen LogP contribution in [0.3, 0.4) is 0 Å². The molecule has 0 aromatic heterocycles. The van der Waals surface area contributed by atoms with Crippen LogP contribution in [-0.2, 0) is 0 Å². The third kappa shape index (κ3) is 3.68. The summed E-state index contributed by atoms with van der Waals surface area (Å²) in [4.78, 5) is 7.28. The van der Waals surface area contributed by atoms with Crippen molar-refractivity contribution in [1.82, 2.24) is 5.32 Å². The van der Waals surface area contributed by atoms with Crippen LogP contribution in [0.1, 0.15) is 48.2 Å². The molecule has 3 aromatic carbocycles. The van der Waals surface area contributed by atoms with Crippen molar-refractivity contribution in [3.63, 3.8) is 0 Å². The van der Waals surface area contributed by atoms with Gasteiger partial charge in [-0.05, 0) is 37.1 Å². The monoisotopic (exact) mass is 355 g/mol. The summed E-state index contributed by atoms with van der Waals surface area (Å²) in [5, 5.41) is 3.57.